The van der Waals surface area contributed by atoms with Crippen LogP contribution in [0.25, 0.3) is 11.3 Å². The molecule has 6 heteroatoms. The molecule has 1 amide bonds. The molecule has 2 heterocycles. The van der Waals surface area contributed by atoms with Crippen LogP contribution in [0.4, 0.5) is 5.13 Å². The number of aromatic nitrogens is 1. The fourth-order valence-electron chi connectivity index (χ4n) is 2.38. The lowest BCUT2D eigenvalue weighted by molar-refractivity contribution is -0.116. The molecule has 122 valence electrons. The van der Waals surface area contributed by atoms with E-state index in [9.17, 15) is 4.79 Å². The Labute approximate surface area is 139 Å². The van der Waals surface area contributed by atoms with Crippen molar-refractivity contribution in [2.75, 3.05) is 18.5 Å². The van der Waals surface area contributed by atoms with Gasteiger partial charge in [-0.2, -0.15) is 0 Å². The van der Waals surface area contributed by atoms with Crippen molar-refractivity contribution in [3.05, 3.63) is 23.6 Å². The van der Waals surface area contributed by atoms with Gasteiger partial charge in [0.25, 0.3) is 0 Å². The second-order valence-corrected chi connectivity index (χ2v) is 6.26. The van der Waals surface area contributed by atoms with Gasteiger partial charge < -0.3 is 14.8 Å². The molecule has 0 bridgehead atoms. The van der Waals surface area contributed by atoms with Gasteiger partial charge in [0.05, 0.1) is 5.69 Å². The number of fused-ring (bicyclic) bond motifs is 1. The van der Waals surface area contributed by atoms with Gasteiger partial charge in [0.2, 0.25) is 5.91 Å². The van der Waals surface area contributed by atoms with Crippen LogP contribution in [-0.2, 0) is 4.79 Å². The van der Waals surface area contributed by atoms with Crippen LogP contribution in [0.15, 0.2) is 23.6 Å². The summed E-state index contributed by atoms with van der Waals surface area (Å²) < 4.78 is 11.1. The average molecular weight is 332 g/mol. The maximum absolute atomic E-state index is 11.8. The molecular weight excluding hydrogens is 312 g/mol. The van der Waals surface area contributed by atoms with Gasteiger partial charge in [0.15, 0.2) is 16.6 Å². The molecule has 0 atom stereocenters. The zero-order chi connectivity index (χ0) is 16.1. The minimum atomic E-state index is 0.0292. The summed E-state index contributed by atoms with van der Waals surface area (Å²) in [5.41, 5.74) is 1.79. The molecule has 2 aromatic rings. The van der Waals surface area contributed by atoms with Crippen molar-refractivity contribution in [1.82, 2.24) is 4.98 Å². The number of thiazole rings is 1. The second kappa shape index (κ2) is 7.46. The summed E-state index contributed by atoms with van der Waals surface area (Å²) in [5.74, 6) is 1.54. The predicted molar refractivity (Wildman–Crippen MR) is 91.3 cm³/mol. The number of benzene rings is 1. The molecule has 3 rings (SSSR count). The van der Waals surface area contributed by atoms with Crippen molar-refractivity contribution in [3.8, 4) is 22.8 Å². The largest absolute Gasteiger partial charge is 0.486 e. The molecule has 0 saturated heterocycles. The van der Waals surface area contributed by atoms with E-state index in [2.05, 4.69) is 17.2 Å². The van der Waals surface area contributed by atoms with E-state index in [0.29, 0.717) is 24.8 Å². The van der Waals surface area contributed by atoms with E-state index in [1.807, 2.05) is 23.6 Å². The minimum Gasteiger partial charge on any atom is -0.486 e. The Morgan fingerprint density at radius 1 is 1.26 bits per heavy atom. The van der Waals surface area contributed by atoms with E-state index in [1.165, 1.54) is 11.3 Å². The maximum atomic E-state index is 11.8. The number of ether oxygens (including phenoxy) is 2. The number of hydrogen-bond acceptors (Lipinski definition) is 5. The smallest absolute Gasteiger partial charge is 0.226 e. The summed E-state index contributed by atoms with van der Waals surface area (Å²) in [6.07, 6.45) is 3.65. The molecule has 1 aliphatic heterocycles. The van der Waals surface area contributed by atoms with Crippen LogP contribution in [0.3, 0.4) is 0 Å². The van der Waals surface area contributed by atoms with Crippen LogP contribution >= 0.6 is 11.3 Å². The SMILES string of the molecule is CCCCCC(=O)Nc1nc(-c2ccc3c(c2)OCCO3)cs1. The first-order valence-electron chi connectivity index (χ1n) is 7.91. The number of anilines is 1. The van der Waals surface area contributed by atoms with Crippen molar-refractivity contribution in [2.24, 2.45) is 0 Å². The quantitative estimate of drug-likeness (QED) is 0.809. The summed E-state index contributed by atoms with van der Waals surface area (Å²) in [7, 11) is 0. The number of unbranched alkanes of at least 4 members (excludes halogenated alkanes) is 2. The van der Waals surface area contributed by atoms with Gasteiger partial charge in [0.1, 0.15) is 13.2 Å². The van der Waals surface area contributed by atoms with E-state index in [0.717, 1.165) is 42.0 Å². The van der Waals surface area contributed by atoms with E-state index < -0.39 is 0 Å². The predicted octanol–water partition coefficient (Wildman–Crippen LogP) is 4.10. The first kappa shape index (κ1) is 15.8. The summed E-state index contributed by atoms with van der Waals surface area (Å²) in [6, 6.07) is 5.78. The van der Waals surface area contributed by atoms with Gasteiger partial charge in [-0.15, -0.1) is 11.3 Å². The van der Waals surface area contributed by atoms with Crippen LogP contribution in [0.5, 0.6) is 11.5 Å². The van der Waals surface area contributed by atoms with Gasteiger partial charge in [-0.05, 0) is 24.6 Å². The molecule has 0 fully saturated rings. The zero-order valence-electron chi connectivity index (χ0n) is 13.1. The van der Waals surface area contributed by atoms with Gasteiger partial charge >= 0.3 is 0 Å². The Morgan fingerprint density at radius 2 is 2.09 bits per heavy atom. The number of carbonyl (C=O) groups is 1. The van der Waals surface area contributed by atoms with Gasteiger partial charge in [-0.25, -0.2) is 4.98 Å². The van der Waals surface area contributed by atoms with Crippen molar-refractivity contribution in [3.63, 3.8) is 0 Å². The van der Waals surface area contributed by atoms with E-state index in [4.69, 9.17) is 9.47 Å². The normalized spacial score (nSPS) is 12.9. The van der Waals surface area contributed by atoms with Gasteiger partial charge in [0, 0.05) is 17.4 Å². The van der Waals surface area contributed by atoms with Crippen LogP contribution in [0.1, 0.15) is 32.6 Å². The number of rotatable bonds is 6. The Balaban J connectivity index is 1.66. The number of nitrogens with zero attached hydrogens (tertiary/aromatic N) is 1. The number of nitrogens with one attached hydrogen (secondary N) is 1. The lowest BCUT2D eigenvalue weighted by atomic mass is 10.1. The molecular formula is C17H20N2O3S. The number of hydrogen-bond donors (Lipinski definition) is 1. The highest BCUT2D eigenvalue weighted by atomic mass is 32.1. The fraction of sp³-hybridized carbons (Fsp3) is 0.412. The third-order valence-electron chi connectivity index (χ3n) is 3.60. The molecule has 1 aliphatic rings. The van der Waals surface area contributed by atoms with Gasteiger partial charge in [-0.3, -0.25) is 4.79 Å². The average Bonchev–Trinajstić information content (AvgIpc) is 3.03. The highest BCUT2D eigenvalue weighted by Gasteiger charge is 2.14. The fourth-order valence-corrected chi connectivity index (χ4v) is 3.12. The molecule has 0 radical (unpaired) electrons. The van der Waals surface area contributed by atoms with Crippen molar-refractivity contribution in [1.29, 1.82) is 0 Å². The monoisotopic (exact) mass is 332 g/mol. The van der Waals surface area contributed by atoms with E-state index >= 15 is 0 Å². The Bertz CT molecular complexity index is 684. The van der Waals surface area contributed by atoms with Crippen molar-refractivity contribution in [2.45, 2.75) is 32.6 Å². The Kier molecular flexibility index (Phi) is 5.12. The second-order valence-electron chi connectivity index (χ2n) is 5.40. The Hall–Kier alpha value is -2.08. The summed E-state index contributed by atoms with van der Waals surface area (Å²) in [6.45, 7) is 3.27. The summed E-state index contributed by atoms with van der Waals surface area (Å²) in [4.78, 5) is 16.3. The lowest BCUT2D eigenvalue weighted by Crippen LogP contribution is -2.15. The molecule has 0 saturated carbocycles. The van der Waals surface area contributed by atoms with Crippen molar-refractivity contribution < 1.29 is 14.3 Å². The summed E-state index contributed by atoms with van der Waals surface area (Å²) >= 11 is 1.43. The van der Waals surface area contributed by atoms with Crippen LogP contribution in [0.2, 0.25) is 0 Å². The molecule has 5 nitrogen and oxygen atoms in total. The summed E-state index contributed by atoms with van der Waals surface area (Å²) in [5, 5.41) is 5.44. The molecule has 0 aliphatic carbocycles. The number of carbonyl (C=O) groups excluding carboxylic acids is 1. The molecule has 1 aromatic carbocycles. The first-order chi connectivity index (χ1) is 11.3. The molecule has 1 aromatic heterocycles. The maximum Gasteiger partial charge on any atom is 0.226 e. The molecule has 23 heavy (non-hydrogen) atoms. The highest BCUT2D eigenvalue weighted by molar-refractivity contribution is 7.14. The van der Waals surface area contributed by atoms with E-state index in [1.54, 1.807) is 0 Å². The highest BCUT2D eigenvalue weighted by Crippen LogP contribution is 2.35. The molecule has 1 N–H and O–H groups in total. The Morgan fingerprint density at radius 3 is 2.91 bits per heavy atom. The lowest BCUT2D eigenvalue weighted by Gasteiger charge is -2.18. The molecule has 0 unspecified atom stereocenters. The first-order valence-corrected chi connectivity index (χ1v) is 8.79. The minimum absolute atomic E-state index is 0.0292. The van der Waals surface area contributed by atoms with Gasteiger partial charge in [-0.1, -0.05) is 19.8 Å². The number of amides is 1. The topological polar surface area (TPSA) is 60.5 Å². The van der Waals surface area contributed by atoms with Crippen LogP contribution in [-0.4, -0.2) is 24.1 Å². The zero-order valence-corrected chi connectivity index (χ0v) is 13.9. The van der Waals surface area contributed by atoms with Crippen LogP contribution < -0.4 is 14.8 Å². The van der Waals surface area contributed by atoms with E-state index in [-0.39, 0.29) is 5.91 Å². The van der Waals surface area contributed by atoms with Crippen LogP contribution in [0, 0.1) is 0 Å². The standard InChI is InChI=1S/C17H20N2O3S/c1-2-3-4-5-16(20)19-17-18-13(11-23-17)12-6-7-14-15(10-12)22-9-8-21-14/h6-7,10-11H,2-5,8-9H2,1H3,(H,18,19,20). The molecule has 0 spiro atoms. The third kappa shape index (κ3) is 4.01. The van der Waals surface area contributed by atoms with Crippen molar-refractivity contribution >= 4 is 22.4 Å². The third-order valence-corrected chi connectivity index (χ3v) is 4.35.